The Balaban J connectivity index is 4.00. The summed E-state index contributed by atoms with van der Waals surface area (Å²) in [5, 5.41) is 0. The maximum absolute atomic E-state index is 12.9. The van der Waals surface area contributed by atoms with Gasteiger partial charge in [-0.05, 0) is 64.2 Å². The summed E-state index contributed by atoms with van der Waals surface area (Å²) in [6, 6.07) is 0. The van der Waals surface area contributed by atoms with E-state index in [1.165, 1.54) is 64.2 Å². The van der Waals surface area contributed by atoms with Crippen LogP contribution in [0.1, 0.15) is 168 Å². The molecule has 0 aromatic carbocycles. The second-order valence-corrected chi connectivity index (χ2v) is 12.8. The number of carbonyl (C=O) groups is 2. The molecule has 42 heavy (non-hydrogen) atoms. The largest absolute Gasteiger partial charge is 0.592 e. The highest BCUT2D eigenvalue weighted by Crippen LogP contribution is 2.50. The van der Waals surface area contributed by atoms with E-state index in [4.69, 9.17) is 19.3 Å². The highest BCUT2D eigenvalue weighted by molar-refractivity contribution is 7.49. The van der Waals surface area contributed by atoms with Crippen LogP contribution >= 0.6 is 7.82 Å². The second kappa shape index (κ2) is 31.0. The summed E-state index contributed by atoms with van der Waals surface area (Å²) in [5.41, 5.74) is 5.44. The smallest absolute Gasteiger partial charge is 0.361 e. The number of carbonyl (C=O) groups excluding carboxylic acids is 2. The molecule has 0 rings (SSSR count). The van der Waals surface area contributed by atoms with Crippen LogP contribution in [0.3, 0.4) is 0 Å². The molecule has 2 N–H and O–H groups in total. The first-order valence-corrected chi connectivity index (χ1v) is 18.6. The van der Waals surface area contributed by atoms with Gasteiger partial charge >= 0.3 is 19.8 Å². The van der Waals surface area contributed by atoms with E-state index in [9.17, 15) is 14.2 Å². The fraction of sp³-hybridized carbons (Fsp3) is 0.824. The van der Waals surface area contributed by atoms with E-state index in [2.05, 4.69) is 38.2 Å². The molecule has 0 spiro atoms. The van der Waals surface area contributed by atoms with Gasteiger partial charge in [0.2, 0.25) is 0 Å². The van der Waals surface area contributed by atoms with E-state index in [-0.39, 0.29) is 26.0 Å². The van der Waals surface area contributed by atoms with Crippen molar-refractivity contribution in [3.8, 4) is 0 Å². The lowest BCUT2D eigenvalue weighted by atomic mass is 10.1. The van der Waals surface area contributed by atoms with Crippen molar-refractivity contribution in [2.24, 2.45) is 5.73 Å². The Kier molecular flexibility index (Phi) is 30.0. The molecule has 7 nitrogen and oxygen atoms in total. The number of nitrogens with two attached hydrogens (primary N) is 1. The van der Waals surface area contributed by atoms with Gasteiger partial charge in [0.15, 0.2) is 0 Å². The first-order chi connectivity index (χ1) is 20.5. The van der Waals surface area contributed by atoms with Crippen molar-refractivity contribution in [2.45, 2.75) is 168 Å². The van der Waals surface area contributed by atoms with Gasteiger partial charge in [0.1, 0.15) is 0 Å². The van der Waals surface area contributed by atoms with Gasteiger partial charge in [0.05, 0.1) is 6.61 Å². The lowest BCUT2D eigenvalue weighted by molar-refractivity contribution is -0.141. The minimum absolute atomic E-state index is 0.0706. The van der Waals surface area contributed by atoms with Crippen LogP contribution in [0.2, 0.25) is 0 Å². The summed E-state index contributed by atoms with van der Waals surface area (Å²) in [6.07, 6.45) is 33.9. The Bertz CT molecular complexity index is 686. The SMILES string of the molecule is CCCCCC/C=C\CCCCCCCC(=O)OP(=O)(OCCN)OC(=O)CCCCCCC/C=C\CCCCCC. The minimum Gasteiger partial charge on any atom is -0.361 e. The first kappa shape index (κ1) is 40.6. The van der Waals surface area contributed by atoms with E-state index >= 15 is 0 Å². The minimum atomic E-state index is -4.32. The van der Waals surface area contributed by atoms with E-state index in [1.807, 2.05) is 0 Å². The number of hydrogen-bond acceptors (Lipinski definition) is 7. The van der Waals surface area contributed by atoms with Gasteiger partial charge in [-0.25, -0.2) is 4.57 Å². The molecule has 0 unspecified atom stereocenters. The fourth-order valence-corrected chi connectivity index (χ4v) is 5.70. The van der Waals surface area contributed by atoms with Crippen LogP contribution in [-0.2, 0) is 27.7 Å². The Morgan fingerprint density at radius 1 is 0.548 bits per heavy atom. The van der Waals surface area contributed by atoms with Crippen LogP contribution in [0.25, 0.3) is 0 Å². The lowest BCUT2D eigenvalue weighted by Gasteiger charge is -2.16. The number of phosphoric acid groups is 1. The van der Waals surface area contributed by atoms with Crippen molar-refractivity contribution in [2.75, 3.05) is 13.2 Å². The van der Waals surface area contributed by atoms with Gasteiger partial charge in [-0.15, -0.1) is 0 Å². The van der Waals surface area contributed by atoms with Crippen molar-refractivity contribution in [3.63, 3.8) is 0 Å². The molecule has 0 heterocycles. The highest BCUT2D eigenvalue weighted by Gasteiger charge is 2.34. The summed E-state index contributed by atoms with van der Waals surface area (Å²) in [5.74, 6) is -1.35. The molecule has 0 saturated heterocycles. The third-order valence-corrected chi connectivity index (χ3v) is 8.43. The predicted octanol–water partition coefficient (Wildman–Crippen LogP) is 10.7. The van der Waals surface area contributed by atoms with E-state index in [0.29, 0.717) is 12.8 Å². The third kappa shape index (κ3) is 28.7. The molecular weight excluding hydrogens is 549 g/mol. The Morgan fingerprint density at radius 2 is 0.881 bits per heavy atom. The van der Waals surface area contributed by atoms with Crippen LogP contribution in [0.5, 0.6) is 0 Å². The average Bonchev–Trinajstić information content (AvgIpc) is 2.96. The number of allylic oxidation sites excluding steroid dienone is 4. The number of rotatable bonds is 31. The van der Waals surface area contributed by atoms with E-state index in [0.717, 1.165) is 64.2 Å². The molecule has 0 fully saturated rings. The molecule has 0 aromatic heterocycles. The molecule has 0 bridgehead atoms. The van der Waals surface area contributed by atoms with Crippen LogP contribution in [0.15, 0.2) is 24.3 Å². The lowest BCUT2D eigenvalue weighted by Crippen LogP contribution is -2.14. The number of unbranched alkanes of at least 4 members (excludes halogenated alkanes) is 18. The standard InChI is InChI=1S/C34H64NO6P/c1-3-5-7-9-11-13-15-17-19-21-23-25-27-29-33(36)40-42(38,39-32-31-35)41-34(37)30-28-26-24-22-20-18-16-14-12-10-8-6-4-2/h13-16H,3-12,17-32,35H2,1-2H3/b15-13-,16-14-. The maximum Gasteiger partial charge on any atom is 0.592 e. The Hall–Kier alpha value is -1.43. The highest BCUT2D eigenvalue weighted by atomic mass is 31.2. The first-order valence-electron chi connectivity index (χ1n) is 17.2. The number of phosphoric ester groups is 1. The Labute approximate surface area is 258 Å². The summed E-state index contributed by atoms with van der Waals surface area (Å²) in [4.78, 5) is 24.6. The zero-order valence-electron chi connectivity index (χ0n) is 27.2. The summed E-state index contributed by atoms with van der Waals surface area (Å²) in [7, 11) is -4.32. The van der Waals surface area contributed by atoms with Crippen molar-refractivity contribution >= 4 is 19.8 Å². The van der Waals surface area contributed by atoms with Gasteiger partial charge in [0.25, 0.3) is 0 Å². The van der Waals surface area contributed by atoms with Gasteiger partial charge in [-0.3, -0.25) is 14.1 Å². The van der Waals surface area contributed by atoms with E-state index < -0.39 is 19.8 Å². The van der Waals surface area contributed by atoms with Crippen molar-refractivity contribution in [1.29, 1.82) is 0 Å². The fourth-order valence-electron chi connectivity index (χ4n) is 4.55. The molecule has 0 atom stereocenters. The zero-order valence-corrected chi connectivity index (χ0v) is 28.1. The van der Waals surface area contributed by atoms with Gasteiger partial charge in [-0.1, -0.05) is 115 Å². The molecular formula is C34H64NO6P. The third-order valence-electron chi connectivity index (χ3n) is 7.08. The topological polar surface area (TPSA) is 105 Å². The zero-order chi connectivity index (χ0) is 31.0. The van der Waals surface area contributed by atoms with Gasteiger partial charge < -0.3 is 14.8 Å². The van der Waals surface area contributed by atoms with E-state index in [1.54, 1.807) is 0 Å². The normalized spacial score (nSPS) is 12.0. The predicted molar refractivity (Wildman–Crippen MR) is 175 cm³/mol. The van der Waals surface area contributed by atoms with Gasteiger partial charge in [-0.2, -0.15) is 0 Å². The molecule has 0 saturated carbocycles. The molecule has 0 aliphatic carbocycles. The quantitative estimate of drug-likeness (QED) is 0.0471. The molecule has 0 radical (unpaired) electrons. The molecule has 0 amide bonds. The molecule has 8 heteroatoms. The van der Waals surface area contributed by atoms with Crippen molar-refractivity contribution in [1.82, 2.24) is 0 Å². The average molecular weight is 614 g/mol. The van der Waals surface area contributed by atoms with Crippen LogP contribution in [0.4, 0.5) is 0 Å². The Morgan fingerprint density at radius 3 is 1.24 bits per heavy atom. The van der Waals surface area contributed by atoms with Gasteiger partial charge in [0, 0.05) is 19.4 Å². The molecule has 0 aromatic rings. The van der Waals surface area contributed by atoms with Crippen LogP contribution in [0, 0.1) is 0 Å². The summed E-state index contributed by atoms with van der Waals surface area (Å²) in [6.45, 7) is 4.40. The number of hydrogen-bond donors (Lipinski definition) is 1. The molecule has 0 aliphatic heterocycles. The van der Waals surface area contributed by atoms with Crippen molar-refractivity contribution < 1.29 is 27.7 Å². The van der Waals surface area contributed by atoms with Crippen molar-refractivity contribution in [3.05, 3.63) is 24.3 Å². The monoisotopic (exact) mass is 613 g/mol. The summed E-state index contributed by atoms with van der Waals surface area (Å²) >= 11 is 0. The van der Waals surface area contributed by atoms with Crippen LogP contribution < -0.4 is 5.73 Å². The molecule has 246 valence electrons. The second-order valence-electron chi connectivity index (χ2n) is 11.3. The van der Waals surface area contributed by atoms with Crippen LogP contribution in [-0.4, -0.2) is 25.1 Å². The molecule has 0 aliphatic rings. The summed E-state index contributed by atoms with van der Waals surface area (Å²) < 4.78 is 28.0. The maximum atomic E-state index is 12.9.